The van der Waals surface area contributed by atoms with Crippen LogP contribution in [0.4, 0.5) is 0 Å². The van der Waals surface area contributed by atoms with E-state index in [0.29, 0.717) is 23.0 Å². The maximum Gasteiger partial charge on any atom is 0.155 e. The van der Waals surface area contributed by atoms with Crippen molar-refractivity contribution in [3.63, 3.8) is 0 Å². The third-order valence-electron chi connectivity index (χ3n) is 4.26. The van der Waals surface area contributed by atoms with Gasteiger partial charge in [-0.1, -0.05) is 26.8 Å². The Morgan fingerprint density at radius 3 is 2.86 bits per heavy atom. The first kappa shape index (κ1) is 9.95. The molecule has 0 N–H and O–H groups in total. The Bertz CT molecular complexity index is 275. The topological polar surface area (TPSA) is 17.1 Å². The summed E-state index contributed by atoms with van der Waals surface area (Å²) in [4.78, 5) is 11.4. The Hall–Kier alpha value is -0.590. The van der Waals surface area contributed by atoms with Crippen molar-refractivity contribution in [2.24, 2.45) is 23.2 Å². The van der Waals surface area contributed by atoms with Gasteiger partial charge in [-0.2, -0.15) is 0 Å². The predicted molar refractivity (Wildman–Crippen MR) is 57.9 cm³/mol. The molecule has 2 aliphatic rings. The lowest BCUT2D eigenvalue weighted by Crippen LogP contribution is -2.40. The number of carbonyl (C=O) groups excluding carboxylic acids is 1. The molecule has 0 aromatic carbocycles. The van der Waals surface area contributed by atoms with Crippen LogP contribution in [0, 0.1) is 23.2 Å². The van der Waals surface area contributed by atoms with Gasteiger partial charge in [0.25, 0.3) is 0 Å². The molecule has 0 radical (unpaired) electrons. The molecular formula is C13H20O. The monoisotopic (exact) mass is 192 g/mol. The molecule has 0 heterocycles. The summed E-state index contributed by atoms with van der Waals surface area (Å²) in [5.74, 6) is 2.29. The molecule has 2 rings (SSSR count). The van der Waals surface area contributed by atoms with E-state index in [9.17, 15) is 4.79 Å². The molecule has 0 spiro atoms. The number of rotatable bonds is 0. The van der Waals surface area contributed by atoms with E-state index in [-0.39, 0.29) is 0 Å². The normalized spacial score (nSPS) is 40.8. The molecule has 0 aromatic heterocycles. The molecule has 1 fully saturated rings. The van der Waals surface area contributed by atoms with Gasteiger partial charge in [-0.15, -0.1) is 0 Å². The highest BCUT2D eigenvalue weighted by Gasteiger charge is 2.42. The van der Waals surface area contributed by atoms with E-state index in [1.807, 2.05) is 0 Å². The number of allylic oxidation sites excluding steroid dienone is 2. The van der Waals surface area contributed by atoms with E-state index >= 15 is 0 Å². The third kappa shape index (κ3) is 1.53. The van der Waals surface area contributed by atoms with Gasteiger partial charge in [0.15, 0.2) is 5.78 Å². The third-order valence-corrected chi connectivity index (χ3v) is 4.26. The van der Waals surface area contributed by atoms with Crippen molar-refractivity contribution < 1.29 is 4.79 Å². The molecule has 0 aliphatic heterocycles. The van der Waals surface area contributed by atoms with Crippen LogP contribution in [0.15, 0.2) is 12.2 Å². The fourth-order valence-corrected chi connectivity index (χ4v) is 3.16. The number of hydrogen-bond acceptors (Lipinski definition) is 1. The Kier molecular flexibility index (Phi) is 2.29. The lowest BCUT2D eigenvalue weighted by atomic mass is 9.57. The van der Waals surface area contributed by atoms with Crippen LogP contribution in [-0.2, 0) is 4.79 Å². The SMILES string of the molecule is CC1CCC(C)(C)C2C=CC(=O)CC12. The quantitative estimate of drug-likeness (QED) is 0.576. The molecule has 2 aliphatic carbocycles. The van der Waals surface area contributed by atoms with Gasteiger partial charge in [0.05, 0.1) is 0 Å². The molecule has 0 aromatic rings. The van der Waals surface area contributed by atoms with Crippen LogP contribution in [0.3, 0.4) is 0 Å². The average Bonchev–Trinajstić information content (AvgIpc) is 2.12. The van der Waals surface area contributed by atoms with Crippen molar-refractivity contribution in [1.29, 1.82) is 0 Å². The first-order chi connectivity index (χ1) is 6.50. The van der Waals surface area contributed by atoms with E-state index in [0.717, 1.165) is 12.3 Å². The highest BCUT2D eigenvalue weighted by Crippen LogP contribution is 2.49. The van der Waals surface area contributed by atoms with Gasteiger partial charge in [-0.05, 0) is 42.1 Å². The number of ketones is 1. The van der Waals surface area contributed by atoms with Gasteiger partial charge in [0.2, 0.25) is 0 Å². The second-order valence-electron chi connectivity index (χ2n) is 5.72. The summed E-state index contributed by atoms with van der Waals surface area (Å²) in [5.41, 5.74) is 0.397. The highest BCUT2D eigenvalue weighted by atomic mass is 16.1. The van der Waals surface area contributed by atoms with Gasteiger partial charge in [-0.3, -0.25) is 4.79 Å². The summed E-state index contributed by atoms with van der Waals surface area (Å²) >= 11 is 0. The maximum absolute atomic E-state index is 11.4. The van der Waals surface area contributed by atoms with Gasteiger partial charge in [-0.25, -0.2) is 0 Å². The van der Waals surface area contributed by atoms with Crippen molar-refractivity contribution in [3.8, 4) is 0 Å². The Balaban J connectivity index is 2.28. The lowest BCUT2D eigenvalue weighted by Gasteiger charge is -2.47. The second kappa shape index (κ2) is 3.22. The minimum atomic E-state index is 0.329. The van der Waals surface area contributed by atoms with Crippen molar-refractivity contribution in [1.82, 2.24) is 0 Å². The van der Waals surface area contributed by atoms with Crippen LogP contribution < -0.4 is 0 Å². The largest absolute Gasteiger partial charge is 0.295 e. The standard InChI is InChI=1S/C13H20O/c1-9-6-7-13(2,3)12-5-4-10(14)8-11(9)12/h4-5,9,11-12H,6-8H2,1-3H3. The second-order valence-corrected chi connectivity index (χ2v) is 5.72. The molecule has 1 heteroatoms. The Morgan fingerprint density at radius 2 is 2.14 bits per heavy atom. The van der Waals surface area contributed by atoms with Gasteiger partial charge in [0.1, 0.15) is 0 Å². The summed E-state index contributed by atoms with van der Waals surface area (Å²) < 4.78 is 0. The summed E-state index contributed by atoms with van der Waals surface area (Å²) in [6, 6.07) is 0. The van der Waals surface area contributed by atoms with E-state index in [4.69, 9.17) is 0 Å². The smallest absolute Gasteiger partial charge is 0.155 e. The average molecular weight is 192 g/mol. The fourth-order valence-electron chi connectivity index (χ4n) is 3.16. The minimum Gasteiger partial charge on any atom is -0.295 e. The van der Waals surface area contributed by atoms with E-state index in [1.54, 1.807) is 6.08 Å². The van der Waals surface area contributed by atoms with Gasteiger partial charge >= 0.3 is 0 Å². The molecule has 78 valence electrons. The number of hydrogen-bond donors (Lipinski definition) is 0. The van der Waals surface area contributed by atoms with Gasteiger partial charge in [0, 0.05) is 6.42 Å². The minimum absolute atomic E-state index is 0.329. The van der Waals surface area contributed by atoms with Crippen molar-refractivity contribution in [2.45, 2.75) is 40.0 Å². The Morgan fingerprint density at radius 1 is 1.43 bits per heavy atom. The first-order valence-corrected chi connectivity index (χ1v) is 5.72. The molecule has 0 bridgehead atoms. The van der Waals surface area contributed by atoms with Crippen molar-refractivity contribution in [3.05, 3.63) is 12.2 Å². The summed E-state index contributed by atoms with van der Waals surface area (Å²) in [6.07, 6.45) is 7.35. The first-order valence-electron chi connectivity index (χ1n) is 5.72. The van der Waals surface area contributed by atoms with Crippen LogP contribution in [-0.4, -0.2) is 5.78 Å². The lowest BCUT2D eigenvalue weighted by molar-refractivity contribution is -0.118. The van der Waals surface area contributed by atoms with Crippen LogP contribution in [0.25, 0.3) is 0 Å². The van der Waals surface area contributed by atoms with Crippen LogP contribution >= 0.6 is 0 Å². The Labute approximate surface area is 86.6 Å². The number of fused-ring (bicyclic) bond motifs is 1. The van der Waals surface area contributed by atoms with Crippen molar-refractivity contribution >= 4 is 5.78 Å². The zero-order valence-electron chi connectivity index (χ0n) is 9.42. The summed E-state index contributed by atoms with van der Waals surface area (Å²) in [5, 5.41) is 0. The predicted octanol–water partition coefficient (Wildman–Crippen LogP) is 3.20. The fraction of sp³-hybridized carbons (Fsp3) is 0.769. The van der Waals surface area contributed by atoms with Crippen molar-refractivity contribution in [2.75, 3.05) is 0 Å². The molecular weight excluding hydrogens is 172 g/mol. The molecule has 3 atom stereocenters. The summed E-state index contributed by atoms with van der Waals surface area (Å²) in [7, 11) is 0. The molecule has 0 saturated heterocycles. The van der Waals surface area contributed by atoms with Gasteiger partial charge < -0.3 is 0 Å². The van der Waals surface area contributed by atoms with E-state index in [2.05, 4.69) is 26.8 Å². The molecule has 1 nitrogen and oxygen atoms in total. The van der Waals surface area contributed by atoms with E-state index in [1.165, 1.54) is 12.8 Å². The molecule has 3 unspecified atom stereocenters. The van der Waals surface area contributed by atoms with Crippen LogP contribution in [0.5, 0.6) is 0 Å². The van der Waals surface area contributed by atoms with Crippen LogP contribution in [0.1, 0.15) is 40.0 Å². The van der Waals surface area contributed by atoms with E-state index < -0.39 is 0 Å². The number of carbonyl (C=O) groups is 1. The highest BCUT2D eigenvalue weighted by molar-refractivity contribution is 5.90. The molecule has 14 heavy (non-hydrogen) atoms. The zero-order valence-corrected chi connectivity index (χ0v) is 9.42. The molecule has 1 saturated carbocycles. The zero-order chi connectivity index (χ0) is 10.3. The maximum atomic E-state index is 11.4. The van der Waals surface area contributed by atoms with Crippen LogP contribution in [0.2, 0.25) is 0 Å². The molecule has 0 amide bonds. The summed E-state index contributed by atoms with van der Waals surface area (Å²) in [6.45, 7) is 6.99.